The van der Waals surface area contributed by atoms with Crippen LogP contribution in [-0.2, 0) is 11.3 Å². The number of amides is 2. The molecule has 2 N–H and O–H groups in total. The predicted molar refractivity (Wildman–Crippen MR) is 125 cm³/mol. The molecule has 1 atom stereocenters. The molecule has 0 fully saturated rings. The molecule has 1 aliphatic rings. The molecule has 0 bridgehead atoms. The van der Waals surface area contributed by atoms with Crippen molar-refractivity contribution in [1.29, 1.82) is 0 Å². The van der Waals surface area contributed by atoms with Gasteiger partial charge in [0.05, 0.1) is 26.2 Å². The van der Waals surface area contributed by atoms with Crippen molar-refractivity contribution in [2.24, 2.45) is 5.10 Å². The third kappa shape index (κ3) is 5.40. The molecule has 1 aromatic heterocycles. The number of carbonyl (C=O) groups is 2. The van der Waals surface area contributed by atoms with Crippen molar-refractivity contribution in [1.82, 2.24) is 15.0 Å². The van der Waals surface area contributed by atoms with Gasteiger partial charge in [0.1, 0.15) is 17.5 Å². The molecule has 3 aromatic rings. The molecule has 0 aliphatic carbocycles. The second-order valence-electron chi connectivity index (χ2n) is 7.56. The predicted octanol–water partition coefficient (Wildman–Crippen LogP) is 4.11. The van der Waals surface area contributed by atoms with Gasteiger partial charge in [-0.25, -0.2) is 14.2 Å². The van der Waals surface area contributed by atoms with Crippen LogP contribution in [0.5, 0.6) is 11.5 Å². The first-order valence-electron chi connectivity index (χ1n) is 10.8. The maximum Gasteiger partial charge on any atom is 0.431 e. The minimum Gasteiger partial charge on any atom is -0.493 e. The standard InChI is InChI=1S/C24H24FN5O5/c1-3-19-22(16-6-9-20(34-13-25)21(10-16)33-2)29-30(24(32)35-19)12-15-4-7-17(8-5-15)28-23(31)18-11-26-14-27-18/h4-11,14,19H,3,12-13H2,1-2H3,(H,26,27)(H,28,31). The van der Waals surface area contributed by atoms with Gasteiger partial charge in [0, 0.05) is 11.3 Å². The van der Waals surface area contributed by atoms with Crippen molar-refractivity contribution in [3.05, 3.63) is 71.8 Å². The minimum atomic E-state index is -0.981. The fourth-order valence-electron chi connectivity index (χ4n) is 3.54. The van der Waals surface area contributed by atoms with Crippen LogP contribution in [0.1, 0.15) is 35.0 Å². The molecule has 35 heavy (non-hydrogen) atoms. The Labute approximate surface area is 200 Å². The third-order valence-corrected chi connectivity index (χ3v) is 5.31. The highest BCUT2D eigenvalue weighted by molar-refractivity contribution is 6.06. The molecule has 2 heterocycles. The third-order valence-electron chi connectivity index (χ3n) is 5.31. The van der Waals surface area contributed by atoms with Crippen molar-refractivity contribution < 1.29 is 28.2 Å². The molecular formula is C24H24FN5O5. The Morgan fingerprint density at radius 2 is 2.03 bits per heavy atom. The molecule has 2 aromatic carbocycles. The smallest absolute Gasteiger partial charge is 0.431 e. The van der Waals surface area contributed by atoms with Crippen LogP contribution in [-0.4, -0.2) is 52.8 Å². The first-order valence-corrected chi connectivity index (χ1v) is 10.8. The van der Waals surface area contributed by atoms with Crippen LogP contribution >= 0.6 is 0 Å². The highest BCUT2D eigenvalue weighted by atomic mass is 19.1. The topological polar surface area (TPSA) is 118 Å². The Morgan fingerprint density at radius 3 is 2.69 bits per heavy atom. The Morgan fingerprint density at radius 1 is 1.23 bits per heavy atom. The molecule has 0 radical (unpaired) electrons. The molecule has 2 amide bonds. The lowest BCUT2D eigenvalue weighted by atomic mass is 10.0. The van der Waals surface area contributed by atoms with Crippen LogP contribution < -0.4 is 14.8 Å². The van der Waals surface area contributed by atoms with Crippen LogP contribution in [0.3, 0.4) is 0 Å². The number of aromatic nitrogens is 2. The van der Waals surface area contributed by atoms with Crippen LogP contribution in [0, 0.1) is 0 Å². The Bertz CT molecular complexity index is 1210. The van der Waals surface area contributed by atoms with Crippen molar-refractivity contribution in [2.75, 3.05) is 19.3 Å². The fourth-order valence-corrected chi connectivity index (χ4v) is 3.54. The maximum absolute atomic E-state index is 12.6. The van der Waals surface area contributed by atoms with E-state index in [9.17, 15) is 14.0 Å². The number of aromatic amines is 1. The van der Waals surface area contributed by atoms with Gasteiger partial charge in [-0.15, -0.1) is 0 Å². The van der Waals surface area contributed by atoms with Gasteiger partial charge in [-0.2, -0.15) is 10.1 Å². The number of anilines is 1. The monoisotopic (exact) mass is 481 g/mol. The zero-order valence-electron chi connectivity index (χ0n) is 19.2. The van der Waals surface area contributed by atoms with E-state index in [2.05, 4.69) is 20.4 Å². The fraction of sp³-hybridized carbons (Fsp3) is 0.250. The summed E-state index contributed by atoms with van der Waals surface area (Å²) in [6.45, 7) is 1.07. The number of hydrogen-bond acceptors (Lipinski definition) is 7. The number of ether oxygens (including phenoxy) is 3. The lowest BCUT2D eigenvalue weighted by Gasteiger charge is -2.29. The zero-order chi connectivity index (χ0) is 24.8. The molecule has 10 nitrogen and oxygen atoms in total. The number of nitrogens with one attached hydrogen (secondary N) is 2. The Hall–Kier alpha value is -4.41. The number of hydrazone groups is 1. The van der Waals surface area contributed by atoms with E-state index in [4.69, 9.17) is 14.2 Å². The summed E-state index contributed by atoms with van der Waals surface area (Å²) in [5.74, 6) is 0.291. The average molecular weight is 481 g/mol. The number of nitrogens with zero attached hydrogens (tertiary/aromatic N) is 3. The lowest BCUT2D eigenvalue weighted by Crippen LogP contribution is -2.41. The van der Waals surface area contributed by atoms with E-state index in [-0.39, 0.29) is 18.2 Å². The highest BCUT2D eigenvalue weighted by Gasteiger charge is 2.31. The number of rotatable bonds is 9. The van der Waals surface area contributed by atoms with E-state index >= 15 is 0 Å². The summed E-state index contributed by atoms with van der Waals surface area (Å²) in [7, 11) is 1.46. The summed E-state index contributed by atoms with van der Waals surface area (Å²) in [5.41, 5.74) is 2.92. The molecular weight excluding hydrogens is 457 g/mol. The van der Waals surface area contributed by atoms with E-state index in [1.54, 1.807) is 42.5 Å². The molecule has 0 spiro atoms. The minimum absolute atomic E-state index is 0.160. The largest absolute Gasteiger partial charge is 0.493 e. The van der Waals surface area contributed by atoms with Gasteiger partial charge in [0.15, 0.2) is 11.5 Å². The molecule has 1 unspecified atom stereocenters. The zero-order valence-corrected chi connectivity index (χ0v) is 19.2. The number of alkyl halides is 1. The van der Waals surface area contributed by atoms with Gasteiger partial charge in [-0.05, 0) is 42.3 Å². The van der Waals surface area contributed by atoms with Crippen molar-refractivity contribution in [2.45, 2.75) is 26.0 Å². The second kappa shape index (κ2) is 10.7. The Balaban J connectivity index is 1.52. The number of methoxy groups -OCH3 is 1. The normalized spacial score (nSPS) is 15.3. The number of H-pyrrole nitrogens is 1. The van der Waals surface area contributed by atoms with E-state index < -0.39 is 19.1 Å². The molecule has 1 aliphatic heterocycles. The molecule has 0 saturated heterocycles. The van der Waals surface area contributed by atoms with Crippen LogP contribution in [0.2, 0.25) is 0 Å². The summed E-state index contributed by atoms with van der Waals surface area (Å²) in [4.78, 5) is 31.3. The number of benzene rings is 2. The van der Waals surface area contributed by atoms with Crippen LogP contribution in [0.15, 0.2) is 60.1 Å². The number of halogens is 1. The number of cyclic esters (lactones) is 1. The van der Waals surface area contributed by atoms with Crippen molar-refractivity contribution >= 4 is 23.4 Å². The lowest BCUT2D eigenvalue weighted by molar-refractivity contribution is 0.0712. The van der Waals surface area contributed by atoms with Crippen molar-refractivity contribution in [3.63, 3.8) is 0 Å². The molecule has 11 heteroatoms. The number of imidazole rings is 1. The number of hydrogen-bond donors (Lipinski definition) is 2. The van der Waals surface area contributed by atoms with Crippen LogP contribution in [0.25, 0.3) is 0 Å². The van der Waals surface area contributed by atoms with E-state index in [0.29, 0.717) is 34.8 Å². The maximum atomic E-state index is 12.6. The summed E-state index contributed by atoms with van der Waals surface area (Å²) in [5, 5.41) is 8.56. The van der Waals surface area contributed by atoms with Gasteiger partial charge in [-0.1, -0.05) is 19.1 Å². The molecule has 182 valence electrons. The average Bonchev–Trinajstić information content (AvgIpc) is 3.42. The van der Waals surface area contributed by atoms with Gasteiger partial charge in [0.25, 0.3) is 5.91 Å². The summed E-state index contributed by atoms with van der Waals surface area (Å²) < 4.78 is 28.5. The first kappa shape index (κ1) is 23.7. The van der Waals surface area contributed by atoms with Gasteiger partial charge in [-0.3, -0.25) is 4.79 Å². The molecule has 0 saturated carbocycles. The number of carbonyl (C=O) groups excluding carboxylic acids is 2. The van der Waals surface area contributed by atoms with Crippen molar-refractivity contribution in [3.8, 4) is 11.5 Å². The summed E-state index contributed by atoms with van der Waals surface area (Å²) in [6, 6.07) is 12.0. The first-order chi connectivity index (χ1) is 17.0. The van der Waals surface area contributed by atoms with Gasteiger partial charge < -0.3 is 24.5 Å². The highest BCUT2D eigenvalue weighted by Crippen LogP contribution is 2.30. The van der Waals surface area contributed by atoms with E-state index in [1.807, 2.05) is 6.92 Å². The molecule has 4 rings (SSSR count). The SMILES string of the molecule is CCC1OC(=O)N(Cc2ccc(NC(=O)c3cnc[nH]3)cc2)N=C1c1ccc(OCF)c(OC)c1. The quantitative estimate of drug-likeness (QED) is 0.475. The van der Waals surface area contributed by atoms with Crippen LogP contribution in [0.4, 0.5) is 14.9 Å². The van der Waals surface area contributed by atoms with Gasteiger partial charge in [0.2, 0.25) is 6.86 Å². The Kier molecular flexibility index (Phi) is 7.24. The summed E-state index contributed by atoms with van der Waals surface area (Å²) in [6.07, 6.45) is 2.27. The van der Waals surface area contributed by atoms with Gasteiger partial charge >= 0.3 is 6.09 Å². The van der Waals surface area contributed by atoms with E-state index in [0.717, 1.165) is 5.56 Å². The van der Waals surface area contributed by atoms with E-state index in [1.165, 1.54) is 24.6 Å². The second-order valence-corrected chi connectivity index (χ2v) is 7.56. The summed E-state index contributed by atoms with van der Waals surface area (Å²) >= 11 is 0.